The lowest BCUT2D eigenvalue weighted by molar-refractivity contribution is -0.174. The van der Waals surface area contributed by atoms with Crippen LogP contribution in [0.2, 0.25) is 0 Å². The Kier molecular flexibility index (Phi) is 5.31. The van der Waals surface area contributed by atoms with Crippen molar-refractivity contribution in [1.82, 2.24) is 5.06 Å². The second-order valence-electron chi connectivity index (χ2n) is 5.49. The fraction of sp³-hybridized carbons (Fsp3) is 0.471. The summed E-state index contributed by atoms with van der Waals surface area (Å²) in [7, 11) is 0. The Balaban J connectivity index is 2.09. The molecule has 1 atom stereocenters. The van der Waals surface area contributed by atoms with E-state index in [1.807, 2.05) is 6.92 Å². The van der Waals surface area contributed by atoms with Crippen LogP contribution in [0.1, 0.15) is 66.7 Å². The number of hydrogen-bond acceptors (Lipinski definition) is 4. The van der Waals surface area contributed by atoms with Gasteiger partial charge in [0.1, 0.15) is 0 Å². The molecule has 0 bridgehead atoms. The zero-order chi connectivity index (χ0) is 16.1. The highest BCUT2D eigenvalue weighted by atomic mass is 16.7. The summed E-state index contributed by atoms with van der Waals surface area (Å²) >= 11 is 0. The van der Waals surface area contributed by atoms with E-state index in [-0.39, 0.29) is 17.0 Å². The first-order valence-corrected chi connectivity index (χ1v) is 7.79. The number of benzene rings is 1. The number of rotatable bonds is 7. The van der Waals surface area contributed by atoms with Gasteiger partial charge in [-0.1, -0.05) is 50.3 Å². The maximum absolute atomic E-state index is 12.3. The van der Waals surface area contributed by atoms with Crippen molar-refractivity contribution in [2.75, 3.05) is 0 Å². The van der Waals surface area contributed by atoms with Crippen molar-refractivity contribution in [3.63, 3.8) is 0 Å². The lowest BCUT2D eigenvalue weighted by atomic mass is 9.97. The Morgan fingerprint density at radius 2 is 1.64 bits per heavy atom. The van der Waals surface area contributed by atoms with Crippen molar-refractivity contribution in [3.8, 4) is 0 Å². The highest BCUT2D eigenvalue weighted by Gasteiger charge is 2.39. The van der Waals surface area contributed by atoms with Gasteiger partial charge in [0.25, 0.3) is 11.8 Å². The minimum absolute atomic E-state index is 0.269. The number of imide groups is 1. The van der Waals surface area contributed by atoms with E-state index in [1.165, 1.54) is 0 Å². The SMILES string of the molecule is CCCCC(CCC)C(=O)ON1C(=O)c2ccccc2C1=O. The molecular formula is C17H21NO4. The average Bonchev–Trinajstić information content (AvgIpc) is 2.77. The van der Waals surface area contributed by atoms with Crippen LogP contribution in [0.15, 0.2) is 24.3 Å². The first-order valence-electron chi connectivity index (χ1n) is 7.79. The van der Waals surface area contributed by atoms with Gasteiger partial charge < -0.3 is 4.84 Å². The fourth-order valence-electron chi connectivity index (χ4n) is 2.59. The number of carbonyl (C=O) groups is 3. The zero-order valence-corrected chi connectivity index (χ0v) is 13.0. The molecule has 0 aromatic heterocycles. The largest absolute Gasteiger partial charge is 0.336 e. The Morgan fingerprint density at radius 3 is 2.14 bits per heavy atom. The van der Waals surface area contributed by atoms with Crippen molar-refractivity contribution in [2.45, 2.75) is 46.0 Å². The molecule has 0 aliphatic carbocycles. The van der Waals surface area contributed by atoms with Crippen molar-refractivity contribution < 1.29 is 19.2 Å². The molecule has 118 valence electrons. The van der Waals surface area contributed by atoms with Crippen molar-refractivity contribution in [2.24, 2.45) is 5.92 Å². The van der Waals surface area contributed by atoms with Crippen LogP contribution in [-0.4, -0.2) is 22.8 Å². The van der Waals surface area contributed by atoms with Crippen LogP contribution >= 0.6 is 0 Å². The third kappa shape index (κ3) is 3.18. The summed E-state index contributed by atoms with van der Waals surface area (Å²) in [6.07, 6.45) is 4.17. The van der Waals surface area contributed by atoms with Gasteiger partial charge in [-0.05, 0) is 25.0 Å². The molecule has 0 saturated carbocycles. The number of unbranched alkanes of at least 4 members (excludes halogenated alkanes) is 1. The molecule has 0 N–H and O–H groups in total. The molecule has 5 nitrogen and oxygen atoms in total. The smallest absolute Gasteiger partial charge is 0.329 e. The summed E-state index contributed by atoms with van der Waals surface area (Å²) in [6, 6.07) is 6.47. The summed E-state index contributed by atoms with van der Waals surface area (Å²) < 4.78 is 0. The van der Waals surface area contributed by atoms with Crippen molar-refractivity contribution in [1.29, 1.82) is 0 Å². The molecule has 1 heterocycles. The van der Waals surface area contributed by atoms with Gasteiger partial charge in [-0.25, -0.2) is 4.79 Å². The predicted octanol–water partition coefficient (Wildman–Crippen LogP) is 3.35. The van der Waals surface area contributed by atoms with Crippen LogP contribution in [0, 0.1) is 5.92 Å². The van der Waals surface area contributed by atoms with Crippen molar-refractivity contribution in [3.05, 3.63) is 35.4 Å². The average molecular weight is 303 g/mol. The summed E-state index contributed by atoms with van der Waals surface area (Å²) in [4.78, 5) is 41.7. The summed E-state index contributed by atoms with van der Waals surface area (Å²) in [6.45, 7) is 4.05. The third-order valence-electron chi connectivity index (χ3n) is 3.81. The van der Waals surface area contributed by atoms with E-state index in [9.17, 15) is 14.4 Å². The summed E-state index contributed by atoms with van der Waals surface area (Å²) in [5.74, 6) is -1.90. The molecular weight excluding hydrogens is 282 g/mol. The maximum atomic E-state index is 12.3. The van der Waals surface area contributed by atoms with E-state index in [4.69, 9.17) is 4.84 Å². The van der Waals surface area contributed by atoms with Gasteiger partial charge in [-0.15, -0.1) is 0 Å². The Bertz CT molecular complexity index is 547. The van der Waals surface area contributed by atoms with Crippen LogP contribution < -0.4 is 0 Å². The quantitative estimate of drug-likeness (QED) is 0.725. The molecule has 5 heteroatoms. The van der Waals surface area contributed by atoms with E-state index in [2.05, 4.69) is 6.92 Å². The molecule has 0 spiro atoms. The molecule has 0 fully saturated rings. The van der Waals surface area contributed by atoms with Gasteiger partial charge in [-0.3, -0.25) is 9.59 Å². The van der Waals surface area contributed by atoms with Crippen LogP contribution in [0.3, 0.4) is 0 Å². The van der Waals surface area contributed by atoms with E-state index in [1.54, 1.807) is 24.3 Å². The van der Waals surface area contributed by atoms with Crippen LogP contribution in [0.25, 0.3) is 0 Å². The highest BCUT2D eigenvalue weighted by Crippen LogP contribution is 2.24. The van der Waals surface area contributed by atoms with E-state index in [0.29, 0.717) is 17.9 Å². The van der Waals surface area contributed by atoms with E-state index < -0.39 is 17.8 Å². The maximum Gasteiger partial charge on any atom is 0.336 e. The molecule has 1 aromatic rings. The van der Waals surface area contributed by atoms with Gasteiger partial charge >= 0.3 is 5.97 Å². The molecule has 2 rings (SSSR count). The summed E-state index contributed by atoms with van der Waals surface area (Å²) in [5.41, 5.74) is 0.557. The monoisotopic (exact) mass is 303 g/mol. The number of amides is 2. The Labute approximate surface area is 130 Å². The van der Waals surface area contributed by atoms with E-state index in [0.717, 1.165) is 19.3 Å². The molecule has 1 aliphatic rings. The molecule has 2 amide bonds. The van der Waals surface area contributed by atoms with E-state index >= 15 is 0 Å². The third-order valence-corrected chi connectivity index (χ3v) is 3.81. The van der Waals surface area contributed by atoms with Crippen molar-refractivity contribution >= 4 is 17.8 Å². The minimum Gasteiger partial charge on any atom is -0.329 e. The van der Waals surface area contributed by atoms with Crippen LogP contribution in [0.4, 0.5) is 0 Å². The summed E-state index contributed by atoms with van der Waals surface area (Å²) in [5, 5.41) is 0.599. The normalized spacial score (nSPS) is 14.9. The lowest BCUT2D eigenvalue weighted by Crippen LogP contribution is -2.35. The first-order chi connectivity index (χ1) is 10.6. The predicted molar refractivity (Wildman–Crippen MR) is 81.0 cm³/mol. The minimum atomic E-state index is -0.570. The Morgan fingerprint density at radius 1 is 1.05 bits per heavy atom. The second kappa shape index (κ2) is 7.20. The number of hydrogen-bond donors (Lipinski definition) is 0. The highest BCUT2D eigenvalue weighted by molar-refractivity contribution is 6.20. The molecule has 1 aliphatic heterocycles. The molecule has 0 saturated heterocycles. The molecule has 0 radical (unpaired) electrons. The van der Waals surface area contributed by atoms with Gasteiger partial charge in [0, 0.05) is 0 Å². The van der Waals surface area contributed by atoms with Crippen LogP contribution in [-0.2, 0) is 9.63 Å². The standard InChI is InChI=1S/C17H21NO4/c1-3-5-9-12(8-4-2)17(21)22-18-15(19)13-10-6-7-11-14(13)16(18)20/h6-7,10-12H,3-5,8-9H2,1-2H3. The molecule has 22 heavy (non-hydrogen) atoms. The van der Waals surface area contributed by atoms with Crippen LogP contribution in [0.5, 0.6) is 0 Å². The molecule has 1 unspecified atom stereocenters. The van der Waals surface area contributed by atoms with Gasteiger partial charge in [-0.2, -0.15) is 0 Å². The second-order valence-corrected chi connectivity index (χ2v) is 5.49. The fourth-order valence-corrected chi connectivity index (χ4v) is 2.59. The molecule has 1 aromatic carbocycles. The number of carbonyl (C=O) groups excluding carboxylic acids is 3. The number of hydroxylamine groups is 2. The van der Waals surface area contributed by atoms with Gasteiger partial charge in [0.15, 0.2) is 0 Å². The Hall–Kier alpha value is -2.17. The first kappa shape index (κ1) is 16.2. The zero-order valence-electron chi connectivity index (χ0n) is 13.0. The number of nitrogens with zero attached hydrogens (tertiary/aromatic N) is 1. The van der Waals surface area contributed by atoms with Gasteiger partial charge in [0.2, 0.25) is 0 Å². The topological polar surface area (TPSA) is 63.7 Å². The lowest BCUT2D eigenvalue weighted by Gasteiger charge is -2.18. The number of fused-ring (bicyclic) bond motifs is 1. The van der Waals surface area contributed by atoms with Gasteiger partial charge in [0.05, 0.1) is 17.0 Å².